The van der Waals surface area contributed by atoms with Crippen molar-refractivity contribution in [1.29, 1.82) is 0 Å². The summed E-state index contributed by atoms with van der Waals surface area (Å²) in [4.78, 5) is 13.3. The number of aryl methyl sites for hydroxylation is 1. The predicted molar refractivity (Wildman–Crippen MR) is 102 cm³/mol. The Bertz CT molecular complexity index is 813. The van der Waals surface area contributed by atoms with Crippen LogP contribution >= 0.6 is 0 Å². The van der Waals surface area contributed by atoms with Gasteiger partial charge in [-0.05, 0) is 43.0 Å². The van der Waals surface area contributed by atoms with Crippen LogP contribution in [0.2, 0.25) is 0 Å². The van der Waals surface area contributed by atoms with Crippen molar-refractivity contribution in [3.8, 4) is 11.5 Å². The maximum Gasteiger partial charge on any atom is 0.230 e. The van der Waals surface area contributed by atoms with Crippen molar-refractivity contribution >= 4 is 5.91 Å². The van der Waals surface area contributed by atoms with Crippen LogP contribution in [0.1, 0.15) is 24.0 Å². The maximum atomic E-state index is 13.3. The molecule has 0 bridgehead atoms. The first-order valence-electron chi connectivity index (χ1n) is 9.50. The highest BCUT2D eigenvalue weighted by Crippen LogP contribution is 2.37. The van der Waals surface area contributed by atoms with E-state index in [1.807, 2.05) is 36.4 Å². The molecular weight excluding hydrogens is 342 g/mol. The smallest absolute Gasteiger partial charge is 0.230 e. The second-order valence-corrected chi connectivity index (χ2v) is 7.22. The molecular formula is C22H25NO4. The molecule has 0 aromatic heterocycles. The first-order chi connectivity index (χ1) is 13.2. The van der Waals surface area contributed by atoms with E-state index in [0.29, 0.717) is 39.2 Å². The normalized spacial score (nSPS) is 20.7. The van der Waals surface area contributed by atoms with Gasteiger partial charge in [-0.15, -0.1) is 0 Å². The Kier molecular flexibility index (Phi) is 5.03. The number of para-hydroxylation sites is 2. The van der Waals surface area contributed by atoms with Gasteiger partial charge in [-0.1, -0.05) is 36.4 Å². The number of fused-ring (bicyclic) bond motifs is 1. The second kappa shape index (κ2) is 7.61. The Morgan fingerprint density at radius 2 is 1.78 bits per heavy atom. The third-order valence-electron chi connectivity index (χ3n) is 5.50. The standard InChI is InChI=1S/C22H25NO4/c1-16-6-2-3-7-18(16)22(10-12-25-13-11-22)21(24)23-14-17-15-26-19-8-4-5-9-20(19)27-17/h2-9,17H,10-15H2,1H3,(H,23,24)/t17-/m0/s1. The molecule has 2 heterocycles. The third kappa shape index (κ3) is 3.52. The molecule has 0 unspecified atom stereocenters. The number of benzene rings is 2. The molecule has 0 saturated carbocycles. The van der Waals surface area contributed by atoms with Gasteiger partial charge < -0.3 is 19.5 Å². The van der Waals surface area contributed by atoms with Gasteiger partial charge in [0.15, 0.2) is 11.5 Å². The van der Waals surface area contributed by atoms with Gasteiger partial charge in [0, 0.05) is 13.2 Å². The van der Waals surface area contributed by atoms with Crippen LogP contribution in [0, 0.1) is 6.92 Å². The summed E-state index contributed by atoms with van der Waals surface area (Å²) < 4.78 is 17.3. The highest BCUT2D eigenvalue weighted by Gasteiger charge is 2.42. The van der Waals surface area contributed by atoms with Crippen LogP contribution in [-0.2, 0) is 14.9 Å². The Hall–Kier alpha value is -2.53. The molecule has 2 aromatic rings. The number of hydrogen-bond donors (Lipinski definition) is 1. The summed E-state index contributed by atoms with van der Waals surface area (Å²) in [6.07, 6.45) is 1.18. The molecule has 1 N–H and O–H groups in total. The minimum atomic E-state index is -0.545. The number of hydrogen-bond acceptors (Lipinski definition) is 4. The molecule has 27 heavy (non-hydrogen) atoms. The summed E-state index contributed by atoms with van der Waals surface area (Å²) in [5.41, 5.74) is 1.69. The summed E-state index contributed by atoms with van der Waals surface area (Å²) in [6, 6.07) is 15.7. The van der Waals surface area contributed by atoms with Crippen LogP contribution in [0.5, 0.6) is 11.5 Å². The number of ether oxygens (including phenoxy) is 3. The number of amides is 1. The van der Waals surface area contributed by atoms with Crippen molar-refractivity contribution in [3.05, 3.63) is 59.7 Å². The lowest BCUT2D eigenvalue weighted by molar-refractivity contribution is -0.131. The summed E-state index contributed by atoms with van der Waals surface area (Å²) in [7, 11) is 0. The van der Waals surface area contributed by atoms with Crippen molar-refractivity contribution in [2.75, 3.05) is 26.4 Å². The van der Waals surface area contributed by atoms with E-state index in [1.165, 1.54) is 0 Å². The Morgan fingerprint density at radius 3 is 2.56 bits per heavy atom. The van der Waals surface area contributed by atoms with Crippen molar-refractivity contribution in [2.24, 2.45) is 0 Å². The SMILES string of the molecule is Cc1ccccc1C1(C(=O)NC[C@H]2COc3ccccc3O2)CCOCC1. The molecule has 142 valence electrons. The quantitative estimate of drug-likeness (QED) is 0.903. The summed E-state index contributed by atoms with van der Waals surface area (Å²) in [5, 5.41) is 3.12. The van der Waals surface area contributed by atoms with Crippen LogP contribution in [-0.4, -0.2) is 38.4 Å². The lowest BCUT2D eigenvalue weighted by Gasteiger charge is -2.37. The predicted octanol–water partition coefficient (Wildman–Crippen LogP) is 3.00. The summed E-state index contributed by atoms with van der Waals surface area (Å²) in [6.45, 7) is 4.10. The number of rotatable bonds is 4. The zero-order valence-electron chi connectivity index (χ0n) is 15.6. The second-order valence-electron chi connectivity index (χ2n) is 7.22. The number of carbonyl (C=O) groups excluding carboxylic acids is 1. The van der Waals surface area contributed by atoms with Gasteiger partial charge in [0.05, 0.1) is 12.0 Å². The third-order valence-corrected chi connectivity index (χ3v) is 5.50. The minimum absolute atomic E-state index is 0.0440. The van der Waals surface area contributed by atoms with E-state index in [2.05, 4.69) is 24.4 Å². The molecule has 1 atom stereocenters. The van der Waals surface area contributed by atoms with Gasteiger partial charge in [0.1, 0.15) is 12.7 Å². The maximum absolute atomic E-state index is 13.3. The van der Waals surface area contributed by atoms with Gasteiger partial charge in [0.25, 0.3) is 0 Å². The van der Waals surface area contributed by atoms with E-state index in [9.17, 15) is 4.79 Å². The fourth-order valence-corrected chi connectivity index (χ4v) is 3.99. The van der Waals surface area contributed by atoms with Crippen molar-refractivity contribution in [2.45, 2.75) is 31.3 Å². The molecule has 4 rings (SSSR count). The van der Waals surface area contributed by atoms with Gasteiger partial charge >= 0.3 is 0 Å². The molecule has 2 aromatic carbocycles. The average Bonchev–Trinajstić information content (AvgIpc) is 2.72. The molecule has 1 saturated heterocycles. The minimum Gasteiger partial charge on any atom is -0.486 e. The van der Waals surface area contributed by atoms with E-state index in [4.69, 9.17) is 14.2 Å². The van der Waals surface area contributed by atoms with Crippen LogP contribution in [0.4, 0.5) is 0 Å². The first kappa shape index (κ1) is 17.9. The lowest BCUT2D eigenvalue weighted by Crippen LogP contribution is -2.51. The Balaban J connectivity index is 1.48. The van der Waals surface area contributed by atoms with Gasteiger partial charge in [-0.3, -0.25) is 4.79 Å². The fourth-order valence-electron chi connectivity index (χ4n) is 3.99. The molecule has 5 heteroatoms. The molecule has 5 nitrogen and oxygen atoms in total. The molecule has 1 fully saturated rings. The lowest BCUT2D eigenvalue weighted by atomic mass is 9.71. The van der Waals surface area contributed by atoms with E-state index >= 15 is 0 Å². The van der Waals surface area contributed by atoms with Crippen LogP contribution < -0.4 is 14.8 Å². The summed E-state index contributed by atoms with van der Waals surface area (Å²) in [5.74, 6) is 1.52. The molecule has 2 aliphatic rings. The topological polar surface area (TPSA) is 56.8 Å². The van der Waals surface area contributed by atoms with Crippen molar-refractivity contribution < 1.29 is 19.0 Å². The van der Waals surface area contributed by atoms with Gasteiger partial charge in [0.2, 0.25) is 5.91 Å². The summed E-state index contributed by atoms with van der Waals surface area (Å²) >= 11 is 0. The van der Waals surface area contributed by atoms with Gasteiger partial charge in [-0.25, -0.2) is 0 Å². The molecule has 1 amide bonds. The van der Waals surface area contributed by atoms with E-state index in [0.717, 1.165) is 22.6 Å². The zero-order chi connectivity index (χ0) is 18.7. The van der Waals surface area contributed by atoms with Crippen LogP contribution in [0.25, 0.3) is 0 Å². The Morgan fingerprint density at radius 1 is 1.07 bits per heavy atom. The largest absolute Gasteiger partial charge is 0.486 e. The fraction of sp³-hybridized carbons (Fsp3) is 0.409. The molecule has 2 aliphatic heterocycles. The van der Waals surface area contributed by atoms with Crippen molar-refractivity contribution in [3.63, 3.8) is 0 Å². The van der Waals surface area contributed by atoms with Crippen LogP contribution in [0.15, 0.2) is 48.5 Å². The van der Waals surface area contributed by atoms with Crippen molar-refractivity contribution in [1.82, 2.24) is 5.32 Å². The first-order valence-corrected chi connectivity index (χ1v) is 9.50. The van der Waals surface area contributed by atoms with E-state index < -0.39 is 5.41 Å². The Labute approximate surface area is 159 Å². The molecule has 0 aliphatic carbocycles. The van der Waals surface area contributed by atoms with E-state index in [-0.39, 0.29) is 12.0 Å². The number of nitrogens with one attached hydrogen (secondary N) is 1. The molecule has 0 radical (unpaired) electrons. The number of carbonyl (C=O) groups is 1. The average molecular weight is 367 g/mol. The van der Waals surface area contributed by atoms with Gasteiger partial charge in [-0.2, -0.15) is 0 Å². The highest BCUT2D eigenvalue weighted by molar-refractivity contribution is 5.88. The monoisotopic (exact) mass is 367 g/mol. The highest BCUT2D eigenvalue weighted by atomic mass is 16.6. The van der Waals surface area contributed by atoms with Crippen LogP contribution in [0.3, 0.4) is 0 Å². The molecule has 0 spiro atoms. The van der Waals surface area contributed by atoms with E-state index in [1.54, 1.807) is 0 Å². The zero-order valence-corrected chi connectivity index (χ0v) is 15.6.